The molecule has 0 unspecified atom stereocenters. The van der Waals surface area contributed by atoms with Crippen molar-refractivity contribution in [1.82, 2.24) is 10.2 Å². The highest BCUT2D eigenvalue weighted by atomic mass is 16.3. The van der Waals surface area contributed by atoms with Crippen LogP contribution in [0.15, 0.2) is 22.6 Å². The highest BCUT2D eigenvalue weighted by Crippen LogP contribution is 2.16. The lowest BCUT2D eigenvalue weighted by atomic mass is 10.2. The summed E-state index contributed by atoms with van der Waals surface area (Å²) in [5.74, 6) is 2.03. The van der Waals surface area contributed by atoms with E-state index in [1.165, 1.54) is 11.1 Å². The summed E-state index contributed by atoms with van der Waals surface area (Å²) in [7, 11) is 2.10. The molecule has 0 radical (unpaired) electrons. The van der Waals surface area contributed by atoms with Crippen molar-refractivity contribution < 1.29 is 4.42 Å². The van der Waals surface area contributed by atoms with Gasteiger partial charge in [0.25, 0.3) is 0 Å². The van der Waals surface area contributed by atoms with Crippen LogP contribution in [-0.4, -0.2) is 24.5 Å². The number of likely N-dealkylation sites (N-methyl/N-ethyl adjacent to an activating group) is 1. The number of rotatable bonds is 7. The van der Waals surface area contributed by atoms with Crippen molar-refractivity contribution in [1.29, 1.82) is 0 Å². The Hall–Kier alpha value is -1.06. The largest absolute Gasteiger partial charge is 0.465 e. The van der Waals surface area contributed by atoms with E-state index in [-0.39, 0.29) is 0 Å². The molecule has 0 saturated heterocycles. The number of furan rings is 1. The molecule has 102 valence electrons. The molecule has 1 aromatic rings. The highest BCUT2D eigenvalue weighted by Gasteiger charge is 2.10. The summed E-state index contributed by atoms with van der Waals surface area (Å²) >= 11 is 0. The van der Waals surface area contributed by atoms with Gasteiger partial charge in [-0.05, 0) is 27.0 Å². The Balaban J connectivity index is 2.58. The highest BCUT2D eigenvalue weighted by molar-refractivity contribution is 5.21. The Morgan fingerprint density at radius 2 is 2.17 bits per heavy atom. The molecule has 18 heavy (non-hydrogen) atoms. The molecule has 1 heterocycles. The van der Waals surface area contributed by atoms with E-state index in [4.69, 9.17) is 4.42 Å². The predicted molar refractivity (Wildman–Crippen MR) is 76.6 cm³/mol. The van der Waals surface area contributed by atoms with E-state index < -0.39 is 0 Å². The third-order valence-electron chi connectivity index (χ3n) is 2.74. The SMILES string of the molecule is C=C(C)CN(C)Cc1cc(CNC(C)C)oc1C. The molecule has 1 N–H and O–H groups in total. The minimum atomic E-state index is 0.477. The summed E-state index contributed by atoms with van der Waals surface area (Å²) in [6.45, 7) is 14.9. The quantitative estimate of drug-likeness (QED) is 0.754. The number of nitrogens with one attached hydrogen (secondary N) is 1. The van der Waals surface area contributed by atoms with Gasteiger partial charge in [0.1, 0.15) is 11.5 Å². The Morgan fingerprint density at radius 3 is 2.72 bits per heavy atom. The molecule has 0 fully saturated rings. The minimum Gasteiger partial charge on any atom is -0.465 e. The first kappa shape index (κ1) is 15.0. The first-order valence-electron chi connectivity index (χ1n) is 6.53. The van der Waals surface area contributed by atoms with E-state index >= 15 is 0 Å². The zero-order chi connectivity index (χ0) is 13.7. The second-order valence-electron chi connectivity index (χ2n) is 5.46. The molecule has 0 amide bonds. The maximum absolute atomic E-state index is 5.76. The topological polar surface area (TPSA) is 28.4 Å². The van der Waals surface area contributed by atoms with Gasteiger partial charge in [-0.3, -0.25) is 4.90 Å². The summed E-state index contributed by atoms with van der Waals surface area (Å²) < 4.78 is 5.76. The molecule has 0 aliphatic heterocycles. The summed E-state index contributed by atoms with van der Waals surface area (Å²) in [6, 6.07) is 2.63. The molecule has 0 aliphatic carbocycles. The zero-order valence-corrected chi connectivity index (χ0v) is 12.3. The molecular weight excluding hydrogens is 224 g/mol. The van der Waals surface area contributed by atoms with Crippen molar-refractivity contribution in [2.75, 3.05) is 13.6 Å². The average Bonchev–Trinajstić information content (AvgIpc) is 2.55. The van der Waals surface area contributed by atoms with Gasteiger partial charge in [-0.1, -0.05) is 26.0 Å². The third-order valence-corrected chi connectivity index (χ3v) is 2.74. The maximum atomic E-state index is 5.76. The first-order chi connectivity index (χ1) is 8.38. The number of hydrogen-bond acceptors (Lipinski definition) is 3. The Morgan fingerprint density at radius 1 is 1.50 bits per heavy atom. The maximum Gasteiger partial charge on any atom is 0.118 e. The van der Waals surface area contributed by atoms with E-state index in [1.54, 1.807) is 0 Å². The fourth-order valence-electron chi connectivity index (χ4n) is 1.94. The minimum absolute atomic E-state index is 0.477. The van der Waals surface area contributed by atoms with Gasteiger partial charge in [-0.15, -0.1) is 0 Å². The lowest BCUT2D eigenvalue weighted by Crippen LogP contribution is -2.21. The van der Waals surface area contributed by atoms with Crippen molar-refractivity contribution in [3.8, 4) is 0 Å². The van der Waals surface area contributed by atoms with Crippen LogP contribution in [0.3, 0.4) is 0 Å². The van der Waals surface area contributed by atoms with Gasteiger partial charge in [-0.2, -0.15) is 0 Å². The number of hydrogen-bond donors (Lipinski definition) is 1. The number of aryl methyl sites for hydroxylation is 1. The van der Waals surface area contributed by atoms with E-state index in [0.29, 0.717) is 6.04 Å². The molecular formula is C15H26N2O. The van der Waals surface area contributed by atoms with Crippen molar-refractivity contribution in [2.45, 2.75) is 46.8 Å². The summed E-state index contributed by atoms with van der Waals surface area (Å²) in [4.78, 5) is 2.25. The van der Waals surface area contributed by atoms with Crippen LogP contribution in [0.4, 0.5) is 0 Å². The Labute approximate surface area is 111 Å². The summed E-state index contributed by atoms with van der Waals surface area (Å²) in [5, 5.41) is 3.37. The van der Waals surface area contributed by atoms with Gasteiger partial charge in [0.15, 0.2) is 0 Å². The van der Waals surface area contributed by atoms with Crippen LogP contribution in [0.1, 0.15) is 37.9 Å². The van der Waals surface area contributed by atoms with Crippen molar-refractivity contribution in [2.24, 2.45) is 0 Å². The van der Waals surface area contributed by atoms with Crippen LogP contribution in [-0.2, 0) is 13.1 Å². The van der Waals surface area contributed by atoms with Crippen LogP contribution >= 0.6 is 0 Å². The van der Waals surface area contributed by atoms with E-state index in [0.717, 1.165) is 31.2 Å². The molecule has 0 saturated carbocycles. The second-order valence-corrected chi connectivity index (χ2v) is 5.46. The van der Waals surface area contributed by atoms with Crippen LogP contribution in [0, 0.1) is 6.92 Å². The van der Waals surface area contributed by atoms with Gasteiger partial charge in [-0.25, -0.2) is 0 Å². The molecule has 0 aromatic carbocycles. The van der Waals surface area contributed by atoms with Crippen LogP contribution in [0.5, 0.6) is 0 Å². The molecule has 1 aromatic heterocycles. The second kappa shape index (κ2) is 6.76. The van der Waals surface area contributed by atoms with Gasteiger partial charge in [0.2, 0.25) is 0 Å². The van der Waals surface area contributed by atoms with Crippen LogP contribution < -0.4 is 5.32 Å². The number of nitrogens with zero attached hydrogens (tertiary/aromatic N) is 1. The lowest BCUT2D eigenvalue weighted by molar-refractivity contribution is 0.351. The van der Waals surface area contributed by atoms with Gasteiger partial charge >= 0.3 is 0 Å². The smallest absolute Gasteiger partial charge is 0.118 e. The van der Waals surface area contributed by atoms with Gasteiger partial charge in [0, 0.05) is 24.7 Å². The standard InChI is InChI=1S/C15H26N2O/c1-11(2)9-17(6)10-14-7-15(18-13(14)5)8-16-12(3)4/h7,12,16H,1,8-10H2,2-6H3. The fourth-order valence-corrected chi connectivity index (χ4v) is 1.94. The first-order valence-corrected chi connectivity index (χ1v) is 6.53. The van der Waals surface area contributed by atoms with E-state index in [1.807, 2.05) is 6.92 Å². The Bertz CT molecular complexity index is 393. The van der Waals surface area contributed by atoms with Crippen LogP contribution in [0.25, 0.3) is 0 Å². The van der Waals surface area contributed by atoms with Crippen LogP contribution in [0.2, 0.25) is 0 Å². The zero-order valence-electron chi connectivity index (χ0n) is 12.3. The van der Waals surface area contributed by atoms with E-state index in [9.17, 15) is 0 Å². The van der Waals surface area contributed by atoms with Gasteiger partial charge in [0.05, 0.1) is 6.54 Å². The predicted octanol–water partition coefficient (Wildman–Crippen LogP) is 3.09. The molecule has 0 atom stereocenters. The van der Waals surface area contributed by atoms with Crippen molar-refractivity contribution in [3.05, 3.63) is 35.3 Å². The molecule has 0 aliphatic rings. The third kappa shape index (κ3) is 5.07. The molecule has 0 spiro atoms. The van der Waals surface area contributed by atoms with Gasteiger partial charge < -0.3 is 9.73 Å². The summed E-state index contributed by atoms with van der Waals surface area (Å²) in [5.41, 5.74) is 2.44. The molecule has 3 heteroatoms. The normalized spacial score (nSPS) is 11.5. The molecule has 0 bridgehead atoms. The summed E-state index contributed by atoms with van der Waals surface area (Å²) in [6.07, 6.45) is 0. The Kier molecular flexibility index (Phi) is 5.63. The monoisotopic (exact) mass is 250 g/mol. The van der Waals surface area contributed by atoms with E-state index in [2.05, 4.69) is 50.7 Å². The average molecular weight is 250 g/mol. The van der Waals surface area contributed by atoms with Crippen molar-refractivity contribution in [3.63, 3.8) is 0 Å². The lowest BCUT2D eigenvalue weighted by Gasteiger charge is -2.15. The fraction of sp³-hybridized carbons (Fsp3) is 0.600. The molecule has 1 rings (SSSR count). The van der Waals surface area contributed by atoms with Crippen molar-refractivity contribution >= 4 is 0 Å². The molecule has 3 nitrogen and oxygen atoms in total.